The summed E-state index contributed by atoms with van der Waals surface area (Å²) < 4.78 is 0. The zero-order valence-electron chi connectivity index (χ0n) is 11.4. The topological polar surface area (TPSA) is 42.9 Å². The van der Waals surface area contributed by atoms with Crippen molar-refractivity contribution in [1.29, 1.82) is 0 Å². The van der Waals surface area contributed by atoms with Crippen molar-refractivity contribution in [2.45, 2.75) is 5.92 Å². The third-order valence-corrected chi connectivity index (χ3v) is 3.37. The molecule has 3 aromatic rings. The maximum atomic E-state index is 12.9. The van der Waals surface area contributed by atoms with Gasteiger partial charge in [-0.15, -0.1) is 0 Å². The van der Waals surface area contributed by atoms with Gasteiger partial charge in [0.15, 0.2) is 5.78 Å². The summed E-state index contributed by atoms with van der Waals surface area (Å²) in [7, 11) is 0. The van der Waals surface area contributed by atoms with E-state index in [1.54, 1.807) is 12.4 Å². The minimum atomic E-state index is -0.335. The van der Waals surface area contributed by atoms with Crippen molar-refractivity contribution in [3.05, 3.63) is 96.1 Å². The van der Waals surface area contributed by atoms with Gasteiger partial charge in [0.25, 0.3) is 0 Å². The van der Waals surface area contributed by atoms with Crippen molar-refractivity contribution in [3.8, 4) is 0 Å². The molecule has 0 fully saturated rings. The van der Waals surface area contributed by atoms with Crippen molar-refractivity contribution in [3.63, 3.8) is 0 Å². The van der Waals surface area contributed by atoms with Gasteiger partial charge in [0.05, 0.1) is 11.5 Å². The Morgan fingerprint density at radius 1 is 0.762 bits per heavy atom. The Morgan fingerprint density at radius 3 is 1.71 bits per heavy atom. The fourth-order valence-corrected chi connectivity index (χ4v) is 2.38. The van der Waals surface area contributed by atoms with Crippen LogP contribution in [-0.4, -0.2) is 15.8 Å². The zero-order chi connectivity index (χ0) is 14.5. The van der Waals surface area contributed by atoms with Crippen LogP contribution in [0.3, 0.4) is 0 Å². The third kappa shape index (κ3) is 2.87. The zero-order valence-corrected chi connectivity index (χ0v) is 11.4. The van der Waals surface area contributed by atoms with Crippen LogP contribution in [0, 0.1) is 0 Å². The van der Waals surface area contributed by atoms with Crippen LogP contribution in [0.15, 0.2) is 79.4 Å². The Balaban J connectivity index is 2.07. The molecule has 3 heteroatoms. The van der Waals surface area contributed by atoms with Crippen LogP contribution in [0.5, 0.6) is 0 Å². The van der Waals surface area contributed by atoms with Gasteiger partial charge in [-0.3, -0.25) is 4.79 Å². The predicted octanol–water partition coefficient (Wildman–Crippen LogP) is 3.49. The fraction of sp³-hybridized carbons (Fsp3) is 0.0556. The first kappa shape index (κ1) is 13.2. The molecular formula is C18H14N2O. The maximum absolute atomic E-state index is 12.9. The summed E-state index contributed by atoms with van der Waals surface area (Å²) in [5, 5.41) is 0. The van der Waals surface area contributed by atoms with E-state index in [9.17, 15) is 4.79 Å². The van der Waals surface area contributed by atoms with Crippen molar-refractivity contribution in [1.82, 2.24) is 9.97 Å². The molecule has 21 heavy (non-hydrogen) atoms. The molecule has 0 saturated carbocycles. The summed E-state index contributed by atoms with van der Waals surface area (Å²) in [4.78, 5) is 20.8. The van der Waals surface area contributed by atoms with E-state index in [1.807, 2.05) is 60.7 Å². The van der Waals surface area contributed by atoms with Gasteiger partial charge in [-0.05, 0) is 11.1 Å². The molecule has 0 saturated heterocycles. The fourth-order valence-electron chi connectivity index (χ4n) is 2.38. The lowest BCUT2D eigenvalue weighted by molar-refractivity contribution is 0.0973. The van der Waals surface area contributed by atoms with Crippen LogP contribution >= 0.6 is 0 Å². The average Bonchev–Trinajstić information content (AvgIpc) is 2.58. The lowest BCUT2D eigenvalue weighted by Crippen LogP contribution is -2.15. The molecule has 0 unspecified atom stereocenters. The van der Waals surface area contributed by atoms with E-state index in [-0.39, 0.29) is 11.7 Å². The molecule has 0 spiro atoms. The molecule has 1 aromatic heterocycles. The van der Waals surface area contributed by atoms with Crippen LogP contribution in [0.2, 0.25) is 0 Å². The number of hydrogen-bond acceptors (Lipinski definition) is 3. The highest BCUT2D eigenvalue weighted by atomic mass is 16.1. The van der Waals surface area contributed by atoms with Gasteiger partial charge in [-0.1, -0.05) is 60.7 Å². The molecule has 1 heterocycles. The van der Waals surface area contributed by atoms with E-state index in [1.165, 1.54) is 6.33 Å². The lowest BCUT2D eigenvalue weighted by atomic mass is 9.85. The molecule has 0 N–H and O–H groups in total. The van der Waals surface area contributed by atoms with Crippen molar-refractivity contribution >= 4 is 5.78 Å². The summed E-state index contributed by atoms with van der Waals surface area (Å²) in [6.07, 6.45) is 4.55. The molecule has 3 rings (SSSR count). The summed E-state index contributed by atoms with van der Waals surface area (Å²) in [5.74, 6) is -0.327. The SMILES string of the molecule is O=C(c1cncnc1)C(c1ccccc1)c1ccccc1. The standard InChI is InChI=1S/C18H14N2O/c21-18(16-11-19-13-20-12-16)17(14-7-3-1-4-8-14)15-9-5-2-6-10-15/h1-13,17H. The number of aromatic nitrogens is 2. The number of Topliss-reactive ketones (excluding diaryl/α,β-unsaturated/α-hetero) is 1. The Bertz CT molecular complexity index is 672. The van der Waals surface area contributed by atoms with Crippen LogP contribution in [0.1, 0.15) is 27.4 Å². The average molecular weight is 274 g/mol. The second-order valence-electron chi connectivity index (χ2n) is 4.75. The number of benzene rings is 2. The Labute approximate surface area is 123 Å². The Hall–Kier alpha value is -2.81. The van der Waals surface area contributed by atoms with Crippen molar-refractivity contribution in [2.75, 3.05) is 0 Å². The van der Waals surface area contributed by atoms with Gasteiger partial charge in [0, 0.05) is 12.4 Å². The Morgan fingerprint density at radius 2 is 1.24 bits per heavy atom. The first-order valence-electron chi connectivity index (χ1n) is 6.75. The van der Waals surface area contributed by atoms with E-state index >= 15 is 0 Å². The summed E-state index contributed by atoms with van der Waals surface area (Å²) in [6.45, 7) is 0. The van der Waals surface area contributed by atoms with E-state index in [2.05, 4.69) is 9.97 Å². The highest BCUT2D eigenvalue weighted by molar-refractivity contribution is 6.02. The second kappa shape index (κ2) is 6.09. The van der Waals surface area contributed by atoms with Gasteiger partial charge in [-0.25, -0.2) is 9.97 Å². The summed E-state index contributed by atoms with van der Waals surface area (Å²) in [6, 6.07) is 19.6. The molecule has 3 nitrogen and oxygen atoms in total. The summed E-state index contributed by atoms with van der Waals surface area (Å²) >= 11 is 0. The molecule has 102 valence electrons. The number of hydrogen-bond donors (Lipinski definition) is 0. The molecule has 0 aliphatic heterocycles. The number of ketones is 1. The van der Waals surface area contributed by atoms with Gasteiger partial charge in [0.2, 0.25) is 0 Å². The first-order chi connectivity index (χ1) is 10.4. The molecule has 0 radical (unpaired) electrons. The molecule has 0 atom stereocenters. The van der Waals surface area contributed by atoms with Gasteiger partial charge >= 0.3 is 0 Å². The third-order valence-electron chi connectivity index (χ3n) is 3.37. The maximum Gasteiger partial charge on any atom is 0.177 e. The van der Waals surface area contributed by atoms with Gasteiger partial charge < -0.3 is 0 Å². The molecular weight excluding hydrogens is 260 g/mol. The van der Waals surface area contributed by atoms with E-state index in [0.717, 1.165) is 11.1 Å². The van der Waals surface area contributed by atoms with Crippen LogP contribution in [0.25, 0.3) is 0 Å². The lowest BCUT2D eigenvalue weighted by Gasteiger charge is -2.16. The van der Waals surface area contributed by atoms with E-state index < -0.39 is 0 Å². The summed E-state index contributed by atoms with van der Waals surface area (Å²) in [5.41, 5.74) is 2.46. The Kier molecular flexibility index (Phi) is 3.83. The number of rotatable bonds is 4. The van der Waals surface area contributed by atoms with Crippen LogP contribution < -0.4 is 0 Å². The quantitative estimate of drug-likeness (QED) is 0.684. The molecule has 0 bridgehead atoms. The molecule has 0 amide bonds. The largest absolute Gasteiger partial charge is 0.293 e. The normalized spacial score (nSPS) is 10.5. The van der Waals surface area contributed by atoms with E-state index in [4.69, 9.17) is 0 Å². The smallest absolute Gasteiger partial charge is 0.177 e. The van der Waals surface area contributed by atoms with Crippen molar-refractivity contribution in [2.24, 2.45) is 0 Å². The van der Waals surface area contributed by atoms with Crippen molar-refractivity contribution < 1.29 is 4.79 Å². The highest BCUT2D eigenvalue weighted by Gasteiger charge is 2.23. The minimum absolute atomic E-state index is 0.00741. The number of carbonyl (C=O) groups is 1. The predicted molar refractivity (Wildman–Crippen MR) is 81.1 cm³/mol. The minimum Gasteiger partial charge on any atom is -0.293 e. The van der Waals surface area contributed by atoms with Gasteiger partial charge in [0.1, 0.15) is 6.33 Å². The van der Waals surface area contributed by atoms with Crippen LogP contribution in [0.4, 0.5) is 0 Å². The molecule has 2 aromatic carbocycles. The first-order valence-corrected chi connectivity index (χ1v) is 6.75. The van der Waals surface area contributed by atoms with E-state index in [0.29, 0.717) is 5.56 Å². The second-order valence-corrected chi connectivity index (χ2v) is 4.75. The number of nitrogens with zero attached hydrogens (tertiary/aromatic N) is 2. The van der Waals surface area contributed by atoms with Gasteiger partial charge in [-0.2, -0.15) is 0 Å². The monoisotopic (exact) mass is 274 g/mol. The highest BCUT2D eigenvalue weighted by Crippen LogP contribution is 2.27. The number of carbonyl (C=O) groups excluding carboxylic acids is 1. The van der Waals surface area contributed by atoms with Crippen LogP contribution in [-0.2, 0) is 0 Å². The molecule has 0 aliphatic rings. The molecule has 0 aliphatic carbocycles.